The van der Waals surface area contributed by atoms with E-state index in [1.807, 2.05) is 0 Å². The minimum atomic E-state index is -4.33. The summed E-state index contributed by atoms with van der Waals surface area (Å²) in [6.45, 7) is 1.65. The number of nitrogens with one attached hydrogen (secondary N) is 1. The molecule has 1 aromatic carbocycles. The standard InChI is InChI=1S/C13H17F3N2/c14-13(15,16)11-4-2-1-3-10(11)12(17)9-5-7-18-8-6-9/h1-4,9,12,18H,5-8,17H2. The van der Waals surface area contributed by atoms with Crippen LogP contribution in [-0.2, 0) is 6.18 Å². The molecule has 0 radical (unpaired) electrons. The molecule has 1 atom stereocenters. The van der Waals surface area contributed by atoms with Crippen LogP contribution in [0.4, 0.5) is 13.2 Å². The smallest absolute Gasteiger partial charge is 0.324 e. The Balaban J connectivity index is 2.26. The number of halogens is 3. The first kappa shape index (κ1) is 13.4. The van der Waals surface area contributed by atoms with Crippen LogP contribution in [0.3, 0.4) is 0 Å². The molecule has 0 amide bonds. The summed E-state index contributed by atoms with van der Waals surface area (Å²) >= 11 is 0. The predicted molar refractivity (Wildman–Crippen MR) is 64.0 cm³/mol. The zero-order valence-electron chi connectivity index (χ0n) is 10.0. The molecule has 1 aliphatic rings. The topological polar surface area (TPSA) is 38.0 Å². The summed E-state index contributed by atoms with van der Waals surface area (Å²) in [6, 6.07) is 5.09. The van der Waals surface area contributed by atoms with Crippen LogP contribution in [0.25, 0.3) is 0 Å². The molecule has 2 rings (SSSR count). The Morgan fingerprint density at radius 2 is 1.78 bits per heavy atom. The summed E-state index contributed by atoms with van der Waals surface area (Å²) in [5.74, 6) is 0.120. The lowest BCUT2D eigenvalue weighted by atomic mass is 9.84. The molecule has 0 saturated carbocycles. The highest BCUT2D eigenvalue weighted by molar-refractivity contribution is 5.32. The number of benzene rings is 1. The third-order valence-electron chi connectivity index (χ3n) is 3.52. The summed E-state index contributed by atoms with van der Waals surface area (Å²) in [6.07, 6.45) is -2.68. The van der Waals surface area contributed by atoms with Crippen LogP contribution < -0.4 is 11.1 Å². The summed E-state index contributed by atoms with van der Waals surface area (Å²) in [4.78, 5) is 0. The molecular formula is C13H17F3N2. The Labute approximate surface area is 104 Å². The van der Waals surface area contributed by atoms with Crippen molar-refractivity contribution >= 4 is 0 Å². The van der Waals surface area contributed by atoms with Gasteiger partial charge in [0, 0.05) is 6.04 Å². The Morgan fingerprint density at radius 1 is 1.17 bits per heavy atom. The SMILES string of the molecule is NC(c1ccccc1C(F)(F)F)C1CCNCC1. The van der Waals surface area contributed by atoms with Crippen LogP contribution in [0.2, 0.25) is 0 Å². The van der Waals surface area contributed by atoms with E-state index < -0.39 is 17.8 Å². The van der Waals surface area contributed by atoms with Gasteiger partial charge in [-0.1, -0.05) is 18.2 Å². The van der Waals surface area contributed by atoms with Gasteiger partial charge < -0.3 is 11.1 Å². The van der Waals surface area contributed by atoms with Gasteiger partial charge in [-0.2, -0.15) is 13.2 Å². The Morgan fingerprint density at radius 3 is 2.39 bits per heavy atom. The molecule has 1 aliphatic heterocycles. The number of nitrogens with two attached hydrogens (primary N) is 1. The number of alkyl halides is 3. The lowest BCUT2D eigenvalue weighted by Crippen LogP contribution is -2.34. The Bertz CT molecular complexity index is 397. The van der Waals surface area contributed by atoms with Crippen LogP contribution in [0.5, 0.6) is 0 Å². The van der Waals surface area contributed by atoms with Gasteiger partial charge in [0.2, 0.25) is 0 Å². The minimum absolute atomic E-state index is 0.120. The van der Waals surface area contributed by atoms with Crippen molar-refractivity contribution in [2.75, 3.05) is 13.1 Å². The van der Waals surface area contributed by atoms with Crippen molar-refractivity contribution in [1.82, 2.24) is 5.32 Å². The molecule has 100 valence electrons. The molecule has 0 aromatic heterocycles. The van der Waals surface area contributed by atoms with E-state index in [4.69, 9.17) is 5.73 Å². The van der Waals surface area contributed by atoms with Crippen LogP contribution >= 0.6 is 0 Å². The molecule has 0 aliphatic carbocycles. The molecule has 18 heavy (non-hydrogen) atoms. The van der Waals surface area contributed by atoms with Gasteiger partial charge in [0.15, 0.2) is 0 Å². The van der Waals surface area contributed by atoms with Gasteiger partial charge in [-0.25, -0.2) is 0 Å². The molecule has 1 heterocycles. The largest absolute Gasteiger partial charge is 0.416 e. The van der Waals surface area contributed by atoms with Crippen LogP contribution in [0.15, 0.2) is 24.3 Å². The second-order valence-corrected chi connectivity index (χ2v) is 4.70. The third kappa shape index (κ3) is 2.84. The van der Waals surface area contributed by atoms with Crippen LogP contribution in [0, 0.1) is 5.92 Å². The average Bonchev–Trinajstić information content (AvgIpc) is 2.38. The maximum Gasteiger partial charge on any atom is 0.416 e. The van der Waals surface area contributed by atoms with Gasteiger partial charge in [0.05, 0.1) is 5.56 Å². The van der Waals surface area contributed by atoms with E-state index in [0.717, 1.165) is 32.0 Å². The Kier molecular flexibility index (Phi) is 3.92. The van der Waals surface area contributed by atoms with Crippen LogP contribution in [-0.4, -0.2) is 13.1 Å². The van der Waals surface area contributed by atoms with Crippen LogP contribution in [0.1, 0.15) is 30.0 Å². The second kappa shape index (κ2) is 5.28. The maximum atomic E-state index is 12.9. The van der Waals surface area contributed by atoms with Gasteiger partial charge in [0.1, 0.15) is 0 Å². The molecule has 3 N–H and O–H groups in total. The van der Waals surface area contributed by atoms with E-state index in [1.54, 1.807) is 6.07 Å². The second-order valence-electron chi connectivity index (χ2n) is 4.70. The van der Waals surface area contributed by atoms with Crippen molar-refractivity contribution in [3.63, 3.8) is 0 Å². The Hall–Kier alpha value is -1.07. The van der Waals surface area contributed by atoms with Crippen molar-refractivity contribution in [2.24, 2.45) is 11.7 Å². The highest BCUT2D eigenvalue weighted by Gasteiger charge is 2.35. The number of hydrogen-bond donors (Lipinski definition) is 2. The van der Waals surface area contributed by atoms with E-state index >= 15 is 0 Å². The summed E-state index contributed by atoms with van der Waals surface area (Å²) in [5, 5.41) is 3.19. The first-order valence-electron chi connectivity index (χ1n) is 6.12. The van der Waals surface area contributed by atoms with Crippen molar-refractivity contribution in [3.8, 4) is 0 Å². The van der Waals surface area contributed by atoms with E-state index in [-0.39, 0.29) is 11.5 Å². The van der Waals surface area contributed by atoms with Crippen molar-refractivity contribution < 1.29 is 13.2 Å². The third-order valence-corrected chi connectivity index (χ3v) is 3.52. The fourth-order valence-electron chi connectivity index (χ4n) is 2.50. The van der Waals surface area contributed by atoms with Gasteiger partial charge in [-0.15, -0.1) is 0 Å². The van der Waals surface area contributed by atoms with E-state index in [1.165, 1.54) is 12.1 Å². The zero-order chi connectivity index (χ0) is 13.2. The highest BCUT2D eigenvalue weighted by Crippen LogP contribution is 2.37. The van der Waals surface area contributed by atoms with E-state index in [0.29, 0.717) is 0 Å². The molecule has 1 saturated heterocycles. The number of rotatable bonds is 2. The first-order chi connectivity index (χ1) is 8.50. The number of piperidine rings is 1. The van der Waals surface area contributed by atoms with Gasteiger partial charge in [-0.3, -0.25) is 0 Å². The number of hydrogen-bond acceptors (Lipinski definition) is 2. The fourth-order valence-corrected chi connectivity index (χ4v) is 2.50. The average molecular weight is 258 g/mol. The van der Waals surface area contributed by atoms with Gasteiger partial charge in [0.25, 0.3) is 0 Å². The van der Waals surface area contributed by atoms with Gasteiger partial charge in [-0.05, 0) is 43.5 Å². The maximum absolute atomic E-state index is 12.9. The minimum Gasteiger partial charge on any atom is -0.324 e. The van der Waals surface area contributed by atoms with E-state index in [2.05, 4.69) is 5.32 Å². The molecule has 0 spiro atoms. The molecule has 1 unspecified atom stereocenters. The normalized spacial score (nSPS) is 19.8. The predicted octanol–water partition coefficient (Wildman–Crippen LogP) is 2.70. The molecular weight excluding hydrogens is 241 g/mol. The summed E-state index contributed by atoms with van der Waals surface area (Å²) in [7, 11) is 0. The van der Waals surface area contributed by atoms with Crippen molar-refractivity contribution in [3.05, 3.63) is 35.4 Å². The highest BCUT2D eigenvalue weighted by atomic mass is 19.4. The van der Waals surface area contributed by atoms with Crippen molar-refractivity contribution in [2.45, 2.75) is 25.1 Å². The van der Waals surface area contributed by atoms with Crippen molar-refractivity contribution in [1.29, 1.82) is 0 Å². The molecule has 5 heteroatoms. The monoisotopic (exact) mass is 258 g/mol. The van der Waals surface area contributed by atoms with Gasteiger partial charge >= 0.3 is 6.18 Å². The summed E-state index contributed by atoms with van der Waals surface area (Å²) < 4.78 is 38.7. The molecule has 1 aromatic rings. The molecule has 1 fully saturated rings. The lowest BCUT2D eigenvalue weighted by Gasteiger charge is -2.29. The summed E-state index contributed by atoms with van der Waals surface area (Å²) in [5.41, 5.74) is 5.66. The molecule has 0 bridgehead atoms. The van der Waals surface area contributed by atoms with E-state index in [9.17, 15) is 13.2 Å². The lowest BCUT2D eigenvalue weighted by molar-refractivity contribution is -0.138. The fraction of sp³-hybridized carbons (Fsp3) is 0.538. The first-order valence-corrected chi connectivity index (χ1v) is 6.12. The zero-order valence-corrected chi connectivity index (χ0v) is 10.0. The quantitative estimate of drug-likeness (QED) is 0.856. The molecule has 2 nitrogen and oxygen atoms in total.